The van der Waals surface area contributed by atoms with Crippen molar-refractivity contribution in [3.8, 4) is 17.6 Å². The van der Waals surface area contributed by atoms with Crippen LogP contribution in [0.25, 0.3) is 6.08 Å². The fourth-order valence-corrected chi connectivity index (χ4v) is 2.96. The van der Waals surface area contributed by atoms with Gasteiger partial charge in [-0.25, -0.2) is 0 Å². The molecule has 0 radical (unpaired) electrons. The lowest BCUT2D eigenvalue weighted by Crippen LogP contribution is -2.22. The number of nitrogens with one attached hydrogen (secondary N) is 1. The Balaban J connectivity index is 1.72. The molecule has 0 aliphatic carbocycles. The van der Waals surface area contributed by atoms with E-state index in [1.807, 2.05) is 6.07 Å². The SMILES string of the molecule is COc1cc(/C=C(/C#N)C(=O)Nc2ccc(Cl)cc2)ccc1OCc1ccc(C(=O)[O-])cc1. The minimum absolute atomic E-state index is 0.0841. The number of carbonyl (C=O) groups is 2. The van der Waals surface area contributed by atoms with E-state index in [0.717, 1.165) is 5.56 Å². The summed E-state index contributed by atoms with van der Waals surface area (Å²) in [4.78, 5) is 23.3. The highest BCUT2D eigenvalue weighted by atomic mass is 35.5. The Morgan fingerprint density at radius 1 is 1.06 bits per heavy atom. The Bertz CT molecular complexity index is 1230. The zero-order valence-corrected chi connectivity index (χ0v) is 18.3. The molecule has 0 aliphatic heterocycles. The average Bonchev–Trinajstić information content (AvgIpc) is 2.83. The average molecular weight is 462 g/mol. The second kappa shape index (κ2) is 10.8. The van der Waals surface area contributed by atoms with Crippen LogP contribution < -0.4 is 19.9 Å². The standard InChI is InChI=1S/C25H19ClN2O5/c1-32-23-13-17(12-19(14-27)24(29)28-21-9-7-20(26)8-10-21)4-11-22(23)33-15-16-2-5-18(6-3-16)25(30)31/h2-13H,15H2,1H3,(H,28,29)(H,30,31)/p-1/b19-12-. The third-order valence-corrected chi connectivity index (χ3v) is 4.80. The molecule has 33 heavy (non-hydrogen) atoms. The molecular formula is C25H18ClN2O5-. The highest BCUT2D eigenvalue weighted by molar-refractivity contribution is 6.30. The van der Waals surface area contributed by atoms with Gasteiger partial charge in [0.15, 0.2) is 11.5 Å². The lowest BCUT2D eigenvalue weighted by molar-refractivity contribution is -0.255. The van der Waals surface area contributed by atoms with E-state index in [0.29, 0.717) is 27.8 Å². The number of ether oxygens (including phenoxy) is 2. The van der Waals surface area contributed by atoms with E-state index >= 15 is 0 Å². The van der Waals surface area contributed by atoms with Gasteiger partial charge in [-0.3, -0.25) is 4.79 Å². The summed E-state index contributed by atoms with van der Waals surface area (Å²) in [7, 11) is 1.47. The molecule has 3 aromatic carbocycles. The molecule has 166 valence electrons. The molecule has 0 saturated carbocycles. The first-order valence-corrected chi connectivity index (χ1v) is 10.1. The molecule has 0 bridgehead atoms. The quantitative estimate of drug-likeness (QED) is 0.403. The molecule has 1 N–H and O–H groups in total. The summed E-state index contributed by atoms with van der Waals surface area (Å²) in [6, 6.07) is 19.6. The van der Waals surface area contributed by atoms with Crippen LogP contribution in [0.1, 0.15) is 21.5 Å². The Kier molecular flexibility index (Phi) is 7.68. The summed E-state index contributed by atoms with van der Waals surface area (Å²) in [6.45, 7) is 0.186. The molecule has 0 unspecified atom stereocenters. The topological polar surface area (TPSA) is 111 Å². The summed E-state index contributed by atoms with van der Waals surface area (Å²) in [5.41, 5.74) is 1.84. The number of anilines is 1. The normalized spacial score (nSPS) is 10.8. The predicted molar refractivity (Wildman–Crippen MR) is 122 cm³/mol. The Hall–Kier alpha value is -4.28. The summed E-state index contributed by atoms with van der Waals surface area (Å²) < 4.78 is 11.1. The number of aromatic carboxylic acids is 1. The maximum absolute atomic E-state index is 12.4. The number of methoxy groups -OCH3 is 1. The molecule has 0 atom stereocenters. The van der Waals surface area contributed by atoms with Gasteiger partial charge in [0.1, 0.15) is 18.2 Å². The number of halogens is 1. The maximum Gasteiger partial charge on any atom is 0.266 e. The molecule has 3 aromatic rings. The van der Waals surface area contributed by atoms with Crippen molar-refractivity contribution in [1.82, 2.24) is 0 Å². The van der Waals surface area contributed by atoms with Gasteiger partial charge in [-0.1, -0.05) is 41.9 Å². The molecule has 0 saturated heterocycles. The molecule has 8 heteroatoms. The van der Waals surface area contributed by atoms with Crippen LogP contribution in [-0.2, 0) is 11.4 Å². The Labute approximate surface area is 195 Å². The van der Waals surface area contributed by atoms with Crippen LogP contribution in [0.5, 0.6) is 11.5 Å². The molecule has 0 fully saturated rings. The lowest BCUT2D eigenvalue weighted by atomic mass is 10.1. The van der Waals surface area contributed by atoms with E-state index in [9.17, 15) is 20.0 Å². The third kappa shape index (κ3) is 6.35. The van der Waals surface area contributed by atoms with Crippen LogP contribution in [0.3, 0.4) is 0 Å². The van der Waals surface area contributed by atoms with Crippen LogP contribution in [0.15, 0.2) is 72.3 Å². The lowest BCUT2D eigenvalue weighted by Gasteiger charge is -2.12. The third-order valence-electron chi connectivity index (χ3n) is 4.55. The van der Waals surface area contributed by atoms with Crippen LogP contribution in [0.4, 0.5) is 5.69 Å². The maximum atomic E-state index is 12.4. The molecule has 7 nitrogen and oxygen atoms in total. The van der Waals surface area contributed by atoms with E-state index in [1.54, 1.807) is 54.6 Å². The first-order chi connectivity index (χ1) is 15.9. The molecule has 0 spiro atoms. The minimum atomic E-state index is -1.24. The molecule has 0 aromatic heterocycles. The highest BCUT2D eigenvalue weighted by Gasteiger charge is 2.11. The minimum Gasteiger partial charge on any atom is -0.545 e. The smallest absolute Gasteiger partial charge is 0.266 e. The fraction of sp³-hybridized carbons (Fsp3) is 0.0800. The fourth-order valence-electron chi connectivity index (χ4n) is 2.84. The monoisotopic (exact) mass is 461 g/mol. The first kappa shape index (κ1) is 23.4. The van der Waals surface area contributed by atoms with Gasteiger partial charge in [-0.05, 0) is 59.2 Å². The molecule has 1 amide bonds. The number of amides is 1. The van der Waals surface area contributed by atoms with Gasteiger partial charge in [0.2, 0.25) is 0 Å². The van der Waals surface area contributed by atoms with Gasteiger partial charge in [-0.2, -0.15) is 5.26 Å². The largest absolute Gasteiger partial charge is 0.545 e. The van der Waals surface area contributed by atoms with Gasteiger partial charge >= 0.3 is 0 Å². The van der Waals surface area contributed by atoms with Crippen molar-refractivity contribution in [2.75, 3.05) is 12.4 Å². The number of carboxylic acids is 1. The number of nitriles is 1. The van der Waals surface area contributed by atoms with Gasteiger partial charge in [0.05, 0.1) is 13.1 Å². The van der Waals surface area contributed by atoms with Crippen LogP contribution in [0.2, 0.25) is 5.02 Å². The van der Waals surface area contributed by atoms with Crippen molar-refractivity contribution in [3.63, 3.8) is 0 Å². The molecule has 3 rings (SSSR count). The van der Waals surface area contributed by atoms with E-state index in [4.69, 9.17) is 21.1 Å². The second-order valence-electron chi connectivity index (χ2n) is 6.81. The van der Waals surface area contributed by atoms with Crippen molar-refractivity contribution < 1.29 is 24.2 Å². The van der Waals surface area contributed by atoms with Gasteiger partial charge in [-0.15, -0.1) is 0 Å². The van der Waals surface area contributed by atoms with Crippen molar-refractivity contribution in [2.24, 2.45) is 0 Å². The number of carboxylic acid groups (broad SMARTS) is 1. The van der Waals surface area contributed by atoms with E-state index in [2.05, 4.69) is 5.32 Å². The van der Waals surface area contributed by atoms with E-state index in [1.165, 1.54) is 25.3 Å². The highest BCUT2D eigenvalue weighted by Crippen LogP contribution is 2.30. The Morgan fingerprint density at radius 3 is 2.36 bits per heavy atom. The van der Waals surface area contributed by atoms with E-state index in [-0.39, 0.29) is 17.7 Å². The van der Waals surface area contributed by atoms with Crippen molar-refractivity contribution in [2.45, 2.75) is 6.61 Å². The number of hydrogen-bond donors (Lipinski definition) is 1. The zero-order chi connectivity index (χ0) is 23.8. The van der Waals surface area contributed by atoms with Gasteiger partial charge in [0, 0.05) is 10.7 Å². The summed E-state index contributed by atoms with van der Waals surface area (Å²) in [5.74, 6) is -0.946. The number of rotatable bonds is 8. The number of nitrogens with zero attached hydrogens (tertiary/aromatic N) is 1. The second-order valence-corrected chi connectivity index (χ2v) is 7.25. The van der Waals surface area contributed by atoms with Crippen LogP contribution >= 0.6 is 11.6 Å². The molecule has 0 heterocycles. The molecular weight excluding hydrogens is 444 g/mol. The molecule has 0 aliphatic rings. The van der Waals surface area contributed by atoms with Crippen molar-refractivity contribution in [3.05, 3.63) is 94.0 Å². The summed E-state index contributed by atoms with van der Waals surface area (Å²) in [5, 5.41) is 23.4. The summed E-state index contributed by atoms with van der Waals surface area (Å²) in [6.07, 6.45) is 1.44. The number of hydrogen-bond acceptors (Lipinski definition) is 6. The first-order valence-electron chi connectivity index (χ1n) is 9.69. The predicted octanol–water partition coefficient (Wildman–Crippen LogP) is 3.84. The van der Waals surface area contributed by atoms with Crippen LogP contribution in [-0.4, -0.2) is 19.0 Å². The van der Waals surface area contributed by atoms with Crippen LogP contribution in [0, 0.1) is 11.3 Å². The summed E-state index contributed by atoms with van der Waals surface area (Å²) >= 11 is 5.84. The number of benzene rings is 3. The number of carbonyl (C=O) groups excluding carboxylic acids is 2. The van der Waals surface area contributed by atoms with Crippen molar-refractivity contribution in [1.29, 1.82) is 5.26 Å². The van der Waals surface area contributed by atoms with Gasteiger partial charge < -0.3 is 24.7 Å². The van der Waals surface area contributed by atoms with Gasteiger partial charge in [0.25, 0.3) is 5.91 Å². The Morgan fingerprint density at radius 2 is 1.76 bits per heavy atom. The zero-order valence-electron chi connectivity index (χ0n) is 17.5. The van der Waals surface area contributed by atoms with E-state index < -0.39 is 11.9 Å². The van der Waals surface area contributed by atoms with Crippen molar-refractivity contribution >= 4 is 35.2 Å².